The number of hydrogen-bond acceptors (Lipinski definition) is 3. The molecule has 17 heavy (non-hydrogen) atoms. The Bertz CT molecular complexity index is 380. The van der Waals surface area contributed by atoms with Crippen LogP contribution in [0, 0.1) is 12.7 Å². The molecule has 0 amide bonds. The molecule has 0 spiro atoms. The first-order chi connectivity index (χ1) is 7.97. The van der Waals surface area contributed by atoms with E-state index in [-0.39, 0.29) is 5.82 Å². The second kappa shape index (κ2) is 5.98. The van der Waals surface area contributed by atoms with Gasteiger partial charge in [0.15, 0.2) is 0 Å². The largest absolute Gasteiger partial charge is 0.389 e. The molecule has 0 saturated carbocycles. The van der Waals surface area contributed by atoms with E-state index in [2.05, 4.69) is 0 Å². The minimum atomic E-state index is -0.690. The van der Waals surface area contributed by atoms with Crippen molar-refractivity contribution in [3.8, 4) is 0 Å². The number of nitrogens with zero attached hydrogens (tertiary/aromatic N) is 1. The summed E-state index contributed by atoms with van der Waals surface area (Å²) in [6.07, 6.45) is -0.690. The average Bonchev–Trinajstić information content (AvgIpc) is 2.28. The lowest BCUT2D eigenvalue weighted by Gasteiger charge is -2.24. The van der Waals surface area contributed by atoms with E-state index < -0.39 is 6.10 Å². The van der Waals surface area contributed by atoms with Crippen molar-refractivity contribution in [2.24, 2.45) is 0 Å². The molecule has 0 aliphatic rings. The van der Waals surface area contributed by atoms with Crippen LogP contribution in [0.25, 0.3) is 0 Å². The smallest absolute Gasteiger partial charge is 0.126 e. The van der Waals surface area contributed by atoms with Crippen molar-refractivity contribution in [2.75, 3.05) is 32.2 Å². The molecule has 0 aliphatic heterocycles. The van der Waals surface area contributed by atoms with Crippen molar-refractivity contribution >= 4 is 5.69 Å². The number of aliphatic hydroxyl groups excluding tert-OH is 1. The maximum absolute atomic E-state index is 13.5. The van der Waals surface area contributed by atoms with Gasteiger partial charge in [-0.3, -0.25) is 0 Å². The highest BCUT2D eigenvalue weighted by Gasteiger charge is 2.14. The summed E-state index contributed by atoms with van der Waals surface area (Å²) in [5.74, 6) is -0.287. The van der Waals surface area contributed by atoms with Crippen LogP contribution in [0.3, 0.4) is 0 Å². The van der Waals surface area contributed by atoms with Gasteiger partial charge in [0.1, 0.15) is 5.82 Å². The number of likely N-dealkylation sites (N-methyl/N-ethyl adjacent to an activating group) is 1. The Hall–Kier alpha value is -1.13. The average molecular weight is 241 g/mol. The first-order valence-corrected chi connectivity index (χ1v) is 5.65. The monoisotopic (exact) mass is 241 g/mol. The molecule has 3 nitrogen and oxygen atoms in total. The number of hydrogen-bond donors (Lipinski definition) is 1. The third kappa shape index (κ3) is 3.41. The number of aliphatic hydroxyl groups is 1. The molecule has 0 aromatic heterocycles. The number of halogens is 1. The molecule has 0 bridgehead atoms. The van der Waals surface area contributed by atoms with Gasteiger partial charge in [0, 0.05) is 32.0 Å². The lowest BCUT2D eigenvalue weighted by molar-refractivity contribution is 0.197. The summed E-state index contributed by atoms with van der Waals surface area (Å²) in [5, 5.41) is 9.67. The Morgan fingerprint density at radius 2 is 2.12 bits per heavy atom. The zero-order valence-corrected chi connectivity index (χ0v) is 10.8. The standard InChI is InChI=1S/C13H20FNO2/c1-9-7-13(15(3)5-6-17-4)11(10(2)16)8-12(9)14/h7-8,10,16H,5-6H2,1-4H3/t10-/m1/s1. The number of ether oxygens (including phenoxy) is 1. The molecule has 96 valence electrons. The van der Waals surface area contributed by atoms with Gasteiger partial charge >= 0.3 is 0 Å². The molecule has 0 saturated heterocycles. The molecule has 0 radical (unpaired) electrons. The highest BCUT2D eigenvalue weighted by molar-refractivity contribution is 5.56. The van der Waals surface area contributed by atoms with Crippen molar-refractivity contribution in [1.82, 2.24) is 0 Å². The fourth-order valence-electron chi connectivity index (χ4n) is 1.70. The third-order valence-corrected chi connectivity index (χ3v) is 2.80. The SMILES string of the molecule is COCCN(C)c1cc(C)c(F)cc1[C@@H](C)O. The van der Waals surface area contributed by atoms with Crippen LogP contribution in [-0.4, -0.2) is 32.4 Å². The second-order valence-corrected chi connectivity index (χ2v) is 4.25. The third-order valence-electron chi connectivity index (χ3n) is 2.80. The summed E-state index contributed by atoms with van der Waals surface area (Å²) in [4.78, 5) is 1.96. The quantitative estimate of drug-likeness (QED) is 0.858. The van der Waals surface area contributed by atoms with Gasteiger partial charge in [0.25, 0.3) is 0 Å². The van der Waals surface area contributed by atoms with E-state index in [9.17, 15) is 9.50 Å². The van der Waals surface area contributed by atoms with Crippen LogP contribution in [0.2, 0.25) is 0 Å². The van der Waals surface area contributed by atoms with Crippen LogP contribution in [0.5, 0.6) is 0 Å². The van der Waals surface area contributed by atoms with Gasteiger partial charge < -0.3 is 14.7 Å². The van der Waals surface area contributed by atoms with Gasteiger partial charge in [-0.1, -0.05) is 0 Å². The number of rotatable bonds is 5. The first-order valence-electron chi connectivity index (χ1n) is 5.65. The maximum Gasteiger partial charge on any atom is 0.126 e. The number of anilines is 1. The lowest BCUT2D eigenvalue weighted by atomic mass is 10.0. The van der Waals surface area contributed by atoms with Gasteiger partial charge in [-0.25, -0.2) is 4.39 Å². The fourth-order valence-corrected chi connectivity index (χ4v) is 1.70. The van der Waals surface area contributed by atoms with Crippen LogP contribution in [0.15, 0.2) is 12.1 Å². The summed E-state index contributed by atoms with van der Waals surface area (Å²) >= 11 is 0. The molecule has 1 aromatic rings. The molecule has 0 unspecified atom stereocenters. The van der Waals surface area contributed by atoms with Gasteiger partial charge in [-0.2, -0.15) is 0 Å². The van der Waals surface area contributed by atoms with E-state index in [1.165, 1.54) is 6.07 Å². The van der Waals surface area contributed by atoms with Crippen LogP contribution in [0.1, 0.15) is 24.2 Å². The lowest BCUT2D eigenvalue weighted by Crippen LogP contribution is -2.24. The number of aryl methyl sites for hydroxylation is 1. The van der Waals surface area contributed by atoms with Crippen LogP contribution < -0.4 is 4.90 Å². The Morgan fingerprint density at radius 3 is 2.65 bits per heavy atom. The molecular formula is C13H20FNO2. The van der Waals surface area contributed by atoms with Crippen molar-refractivity contribution in [3.63, 3.8) is 0 Å². The predicted octanol–water partition coefficient (Wildman–Crippen LogP) is 2.27. The molecule has 1 atom stereocenters. The Kier molecular flexibility index (Phi) is 4.90. The summed E-state index contributed by atoms with van der Waals surface area (Å²) in [6, 6.07) is 3.16. The zero-order valence-electron chi connectivity index (χ0n) is 10.8. The molecule has 4 heteroatoms. The van der Waals surface area contributed by atoms with E-state index in [1.54, 1.807) is 27.0 Å². The Labute approximate surface area is 102 Å². The van der Waals surface area contributed by atoms with Crippen molar-refractivity contribution in [2.45, 2.75) is 20.0 Å². The molecule has 0 aliphatic carbocycles. The normalized spacial score (nSPS) is 12.6. The zero-order chi connectivity index (χ0) is 13.0. The highest BCUT2D eigenvalue weighted by atomic mass is 19.1. The Balaban J connectivity index is 3.07. The molecule has 0 fully saturated rings. The van der Waals surface area contributed by atoms with Gasteiger partial charge in [0.2, 0.25) is 0 Å². The van der Waals surface area contributed by atoms with Crippen LogP contribution in [-0.2, 0) is 4.74 Å². The highest BCUT2D eigenvalue weighted by Crippen LogP contribution is 2.28. The fraction of sp³-hybridized carbons (Fsp3) is 0.538. The van der Waals surface area contributed by atoms with Crippen LogP contribution in [0.4, 0.5) is 10.1 Å². The van der Waals surface area contributed by atoms with Crippen molar-refractivity contribution in [3.05, 3.63) is 29.1 Å². The predicted molar refractivity (Wildman–Crippen MR) is 66.9 cm³/mol. The topological polar surface area (TPSA) is 32.7 Å². The minimum Gasteiger partial charge on any atom is -0.389 e. The summed E-state index contributed by atoms with van der Waals surface area (Å²) in [6.45, 7) is 4.64. The minimum absolute atomic E-state index is 0.287. The van der Waals surface area contributed by atoms with Gasteiger partial charge in [-0.15, -0.1) is 0 Å². The molecule has 1 aromatic carbocycles. The molecule has 1 rings (SSSR count). The maximum atomic E-state index is 13.5. The van der Waals surface area contributed by atoms with E-state index in [0.29, 0.717) is 24.3 Å². The second-order valence-electron chi connectivity index (χ2n) is 4.25. The number of methoxy groups -OCH3 is 1. The molecule has 0 heterocycles. The van der Waals surface area contributed by atoms with Crippen LogP contribution >= 0.6 is 0 Å². The van der Waals surface area contributed by atoms with E-state index in [4.69, 9.17) is 4.74 Å². The molecular weight excluding hydrogens is 221 g/mol. The summed E-state index contributed by atoms with van der Waals surface area (Å²) in [5.41, 5.74) is 2.02. The first kappa shape index (κ1) is 13.9. The van der Waals surface area contributed by atoms with E-state index in [0.717, 1.165) is 5.69 Å². The number of benzene rings is 1. The van der Waals surface area contributed by atoms with E-state index >= 15 is 0 Å². The summed E-state index contributed by atoms with van der Waals surface area (Å²) in [7, 11) is 3.54. The Morgan fingerprint density at radius 1 is 1.47 bits per heavy atom. The van der Waals surface area contributed by atoms with Crippen molar-refractivity contribution in [1.29, 1.82) is 0 Å². The van der Waals surface area contributed by atoms with Gasteiger partial charge in [-0.05, 0) is 31.5 Å². The summed E-state index contributed by atoms with van der Waals surface area (Å²) < 4.78 is 18.5. The molecule has 1 N–H and O–H groups in total. The van der Waals surface area contributed by atoms with E-state index in [1.807, 2.05) is 11.9 Å². The van der Waals surface area contributed by atoms with Gasteiger partial charge in [0.05, 0.1) is 12.7 Å². The van der Waals surface area contributed by atoms with Crippen molar-refractivity contribution < 1.29 is 14.2 Å².